The molecule has 0 heterocycles. The van der Waals surface area contributed by atoms with E-state index in [9.17, 15) is 14.9 Å². The molecule has 0 aromatic heterocycles. The molecule has 0 spiro atoms. The van der Waals surface area contributed by atoms with Gasteiger partial charge in [-0.15, -0.1) is 0 Å². The van der Waals surface area contributed by atoms with Gasteiger partial charge in [0, 0.05) is 5.56 Å². The largest absolute Gasteiger partial charge is 0.465 e. The maximum Gasteiger partial charge on any atom is 0.347 e. The summed E-state index contributed by atoms with van der Waals surface area (Å²) in [6.07, 6.45) is 0. The summed E-state index contributed by atoms with van der Waals surface area (Å²) in [5, 5.41) is 10.8. The number of anilines is 1. The van der Waals surface area contributed by atoms with E-state index < -0.39 is 10.9 Å². The quantitative estimate of drug-likeness (QED) is 0.343. The number of hydrogen-bond acceptors (Lipinski definition) is 5. The zero-order chi connectivity index (χ0) is 11.6. The third-order valence-corrected chi connectivity index (χ3v) is 1.98. The van der Waals surface area contributed by atoms with Crippen molar-refractivity contribution >= 4 is 17.3 Å². The van der Waals surface area contributed by atoms with Crippen LogP contribution in [0, 0.1) is 17.0 Å². The van der Waals surface area contributed by atoms with Crippen LogP contribution in [-0.4, -0.2) is 18.0 Å². The van der Waals surface area contributed by atoms with Crippen LogP contribution in [0.25, 0.3) is 0 Å². The van der Waals surface area contributed by atoms with E-state index in [1.54, 1.807) is 0 Å². The second kappa shape index (κ2) is 3.95. The number of nitro groups is 1. The zero-order valence-corrected chi connectivity index (χ0v) is 8.31. The van der Waals surface area contributed by atoms with Crippen LogP contribution in [0.2, 0.25) is 0 Å². The van der Waals surface area contributed by atoms with Crippen molar-refractivity contribution < 1.29 is 14.5 Å². The van der Waals surface area contributed by atoms with Crippen LogP contribution >= 0.6 is 0 Å². The van der Waals surface area contributed by atoms with Gasteiger partial charge in [0.25, 0.3) is 5.69 Å². The molecule has 1 aromatic carbocycles. The second-order valence-corrected chi connectivity index (χ2v) is 2.94. The summed E-state index contributed by atoms with van der Waals surface area (Å²) in [5.74, 6) is -0.803. The minimum Gasteiger partial charge on any atom is -0.465 e. The van der Waals surface area contributed by atoms with Crippen molar-refractivity contribution in [2.24, 2.45) is 0 Å². The van der Waals surface area contributed by atoms with E-state index in [0.29, 0.717) is 5.56 Å². The number of hydrogen-bond donors (Lipinski definition) is 1. The molecular formula is C9H10N2O4. The van der Waals surface area contributed by atoms with E-state index in [0.717, 1.165) is 7.11 Å². The number of aryl methyl sites for hydroxylation is 1. The molecule has 0 amide bonds. The number of esters is 1. The average Bonchev–Trinajstić information content (AvgIpc) is 2.19. The highest BCUT2D eigenvalue weighted by molar-refractivity contribution is 6.00. The number of nitro benzene ring substituents is 1. The normalized spacial score (nSPS) is 9.73. The summed E-state index contributed by atoms with van der Waals surface area (Å²) >= 11 is 0. The smallest absolute Gasteiger partial charge is 0.347 e. The highest BCUT2D eigenvalue weighted by Gasteiger charge is 2.26. The Labute approximate surface area is 85.8 Å². The van der Waals surface area contributed by atoms with E-state index in [1.165, 1.54) is 19.1 Å². The zero-order valence-electron chi connectivity index (χ0n) is 8.31. The Balaban J connectivity index is 3.52. The van der Waals surface area contributed by atoms with Gasteiger partial charge < -0.3 is 10.5 Å². The van der Waals surface area contributed by atoms with E-state index in [-0.39, 0.29) is 16.9 Å². The van der Waals surface area contributed by atoms with Gasteiger partial charge in [0.15, 0.2) is 5.56 Å². The molecule has 2 N–H and O–H groups in total. The second-order valence-electron chi connectivity index (χ2n) is 2.94. The minimum absolute atomic E-state index is 0.0409. The Morgan fingerprint density at radius 2 is 2.13 bits per heavy atom. The number of nitrogen functional groups attached to an aromatic ring is 1. The SMILES string of the molecule is COC(=O)c1c(N)ccc(C)c1[N+](=O)[O-]. The summed E-state index contributed by atoms with van der Waals surface area (Å²) in [4.78, 5) is 21.4. The van der Waals surface area contributed by atoms with Gasteiger partial charge in [-0.05, 0) is 13.0 Å². The van der Waals surface area contributed by atoms with Crippen molar-refractivity contribution in [3.05, 3.63) is 33.4 Å². The van der Waals surface area contributed by atoms with Gasteiger partial charge in [-0.25, -0.2) is 4.79 Å². The fourth-order valence-electron chi connectivity index (χ4n) is 1.26. The molecule has 0 atom stereocenters. The molecular weight excluding hydrogens is 200 g/mol. The van der Waals surface area contributed by atoms with Crippen LogP contribution in [0.15, 0.2) is 12.1 Å². The van der Waals surface area contributed by atoms with Crippen LogP contribution in [-0.2, 0) is 4.74 Å². The molecule has 1 rings (SSSR count). The molecule has 0 aliphatic carbocycles. The molecule has 80 valence electrons. The van der Waals surface area contributed by atoms with E-state index in [2.05, 4.69) is 4.74 Å². The Kier molecular flexibility index (Phi) is 2.89. The maximum atomic E-state index is 11.3. The van der Waals surface area contributed by atoms with Crippen LogP contribution in [0.1, 0.15) is 15.9 Å². The van der Waals surface area contributed by atoms with E-state index >= 15 is 0 Å². The standard InChI is InChI=1S/C9H10N2O4/c1-5-3-4-6(10)7(9(12)15-2)8(5)11(13)14/h3-4H,10H2,1-2H3. The first-order valence-electron chi connectivity index (χ1n) is 4.10. The van der Waals surface area contributed by atoms with Crippen LogP contribution in [0.3, 0.4) is 0 Å². The Hall–Kier alpha value is -2.11. The lowest BCUT2D eigenvalue weighted by Gasteiger charge is -2.06. The van der Waals surface area contributed by atoms with Crippen LogP contribution in [0.4, 0.5) is 11.4 Å². The van der Waals surface area contributed by atoms with Crippen molar-refractivity contribution in [1.82, 2.24) is 0 Å². The molecule has 6 nitrogen and oxygen atoms in total. The molecule has 0 aliphatic heterocycles. The third kappa shape index (κ3) is 1.88. The average molecular weight is 210 g/mol. The van der Waals surface area contributed by atoms with Gasteiger partial charge in [-0.2, -0.15) is 0 Å². The summed E-state index contributed by atoms with van der Waals surface area (Å²) in [5.41, 5.74) is 5.41. The van der Waals surface area contributed by atoms with Gasteiger partial charge in [0.2, 0.25) is 0 Å². The Bertz CT molecular complexity index is 428. The fourth-order valence-corrected chi connectivity index (χ4v) is 1.26. The Morgan fingerprint density at radius 3 is 2.60 bits per heavy atom. The number of methoxy groups -OCH3 is 1. The maximum absolute atomic E-state index is 11.3. The molecule has 0 aliphatic rings. The molecule has 0 bridgehead atoms. The highest BCUT2D eigenvalue weighted by atomic mass is 16.6. The molecule has 0 radical (unpaired) electrons. The van der Waals surface area contributed by atoms with Gasteiger partial charge in [-0.1, -0.05) is 6.07 Å². The first kappa shape index (κ1) is 11.0. The van der Waals surface area contributed by atoms with Crippen molar-refractivity contribution in [2.75, 3.05) is 12.8 Å². The number of carbonyl (C=O) groups excluding carboxylic acids is 1. The van der Waals surface area contributed by atoms with Crippen molar-refractivity contribution in [1.29, 1.82) is 0 Å². The van der Waals surface area contributed by atoms with Crippen LogP contribution in [0.5, 0.6) is 0 Å². The summed E-state index contributed by atoms with van der Waals surface area (Å²) in [6, 6.07) is 2.93. The van der Waals surface area contributed by atoms with Gasteiger partial charge in [0.05, 0.1) is 17.7 Å². The Morgan fingerprint density at radius 1 is 1.53 bits per heavy atom. The van der Waals surface area contributed by atoms with E-state index in [1.807, 2.05) is 0 Å². The van der Waals surface area contributed by atoms with E-state index in [4.69, 9.17) is 5.73 Å². The van der Waals surface area contributed by atoms with Crippen molar-refractivity contribution in [3.63, 3.8) is 0 Å². The van der Waals surface area contributed by atoms with Gasteiger partial charge >= 0.3 is 5.97 Å². The van der Waals surface area contributed by atoms with Gasteiger partial charge in [-0.3, -0.25) is 10.1 Å². The first-order chi connectivity index (χ1) is 6.99. The number of ether oxygens (including phenoxy) is 1. The molecule has 15 heavy (non-hydrogen) atoms. The molecule has 1 aromatic rings. The summed E-state index contributed by atoms with van der Waals surface area (Å²) in [6.45, 7) is 1.53. The van der Waals surface area contributed by atoms with Gasteiger partial charge in [0.1, 0.15) is 0 Å². The lowest BCUT2D eigenvalue weighted by Crippen LogP contribution is -2.10. The third-order valence-electron chi connectivity index (χ3n) is 1.98. The number of carbonyl (C=O) groups is 1. The predicted molar refractivity (Wildman–Crippen MR) is 53.6 cm³/mol. The minimum atomic E-state index is -0.803. The molecule has 0 saturated heterocycles. The first-order valence-corrected chi connectivity index (χ1v) is 4.10. The lowest BCUT2D eigenvalue weighted by atomic mass is 10.1. The predicted octanol–water partition coefficient (Wildman–Crippen LogP) is 1.27. The summed E-state index contributed by atoms with van der Waals surface area (Å²) in [7, 11) is 1.15. The van der Waals surface area contributed by atoms with Crippen LogP contribution < -0.4 is 5.73 Å². The fraction of sp³-hybridized carbons (Fsp3) is 0.222. The molecule has 0 fully saturated rings. The van der Waals surface area contributed by atoms with Crippen molar-refractivity contribution in [2.45, 2.75) is 6.92 Å². The van der Waals surface area contributed by atoms with Crippen molar-refractivity contribution in [3.8, 4) is 0 Å². The highest BCUT2D eigenvalue weighted by Crippen LogP contribution is 2.28. The summed E-state index contributed by atoms with van der Waals surface area (Å²) < 4.78 is 4.44. The molecule has 0 saturated carbocycles. The molecule has 0 unspecified atom stereocenters. The number of benzene rings is 1. The monoisotopic (exact) mass is 210 g/mol. The number of nitrogens with zero attached hydrogens (tertiary/aromatic N) is 1. The lowest BCUT2D eigenvalue weighted by molar-refractivity contribution is -0.385. The molecule has 6 heteroatoms. The number of nitrogens with two attached hydrogens (primary N) is 1. The topological polar surface area (TPSA) is 95.5 Å². The number of rotatable bonds is 2.